The Morgan fingerprint density at radius 2 is 1.76 bits per heavy atom. The predicted molar refractivity (Wildman–Crippen MR) is 95.5 cm³/mol. The van der Waals surface area contributed by atoms with Crippen LogP contribution in [0.15, 0.2) is 47.4 Å². The fourth-order valence-electron chi connectivity index (χ4n) is 2.31. The van der Waals surface area contributed by atoms with Crippen molar-refractivity contribution in [3.05, 3.63) is 59.4 Å². The summed E-state index contributed by atoms with van der Waals surface area (Å²) in [6, 6.07) is 10.7. The molecule has 134 valence electrons. The van der Waals surface area contributed by atoms with Gasteiger partial charge in [0.05, 0.1) is 11.4 Å². The van der Waals surface area contributed by atoms with Crippen LogP contribution in [0, 0.1) is 12.7 Å². The van der Waals surface area contributed by atoms with Gasteiger partial charge in [-0.2, -0.15) is 0 Å². The van der Waals surface area contributed by atoms with Crippen molar-refractivity contribution >= 4 is 21.6 Å². The summed E-state index contributed by atoms with van der Waals surface area (Å²) >= 11 is 0. The number of rotatable bonds is 6. The van der Waals surface area contributed by atoms with Gasteiger partial charge >= 0.3 is 0 Å². The number of nitrogens with one attached hydrogen (secondary N) is 2. The molecule has 7 heteroatoms. The standard InChI is InChI=1S/C18H21FN2O3S/c1-12(2)14-4-7-16(8-5-14)21-18(22)11-20-25(23,24)17-9-6-15(19)10-13(17)3/h4-10,12,20H,11H2,1-3H3,(H,21,22). The normalized spacial score (nSPS) is 11.6. The van der Waals surface area contributed by atoms with Gasteiger partial charge in [0.25, 0.3) is 0 Å². The number of halogens is 1. The molecule has 2 aromatic carbocycles. The summed E-state index contributed by atoms with van der Waals surface area (Å²) in [5.41, 5.74) is 2.01. The van der Waals surface area contributed by atoms with E-state index in [1.165, 1.54) is 13.0 Å². The second kappa shape index (κ2) is 7.76. The van der Waals surface area contributed by atoms with Crippen molar-refractivity contribution in [3.8, 4) is 0 Å². The van der Waals surface area contributed by atoms with Gasteiger partial charge in [-0.1, -0.05) is 26.0 Å². The maximum atomic E-state index is 13.1. The van der Waals surface area contributed by atoms with E-state index in [-0.39, 0.29) is 10.5 Å². The molecule has 0 fully saturated rings. The molecule has 0 spiro atoms. The minimum Gasteiger partial charge on any atom is -0.325 e. The summed E-state index contributed by atoms with van der Waals surface area (Å²) in [7, 11) is -3.89. The van der Waals surface area contributed by atoms with Gasteiger partial charge in [0.15, 0.2) is 0 Å². The third-order valence-electron chi connectivity index (χ3n) is 3.71. The zero-order valence-corrected chi connectivity index (χ0v) is 15.2. The van der Waals surface area contributed by atoms with E-state index in [9.17, 15) is 17.6 Å². The van der Waals surface area contributed by atoms with Crippen molar-refractivity contribution in [2.24, 2.45) is 0 Å². The number of carbonyl (C=O) groups excluding carboxylic acids is 1. The first kappa shape index (κ1) is 19.1. The molecule has 0 radical (unpaired) electrons. The molecular weight excluding hydrogens is 343 g/mol. The Morgan fingerprint density at radius 1 is 1.12 bits per heavy atom. The van der Waals surface area contributed by atoms with E-state index < -0.39 is 28.3 Å². The largest absolute Gasteiger partial charge is 0.325 e. The van der Waals surface area contributed by atoms with Gasteiger partial charge in [-0.15, -0.1) is 0 Å². The van der Waals surface area contributed by atoms with Crippen LogP contribution >= 0.6 is 0 Å². The van der Waals surface area contributed by atoms with Gasteiger partial charge in [-0.3, -0.25) is 4.79 Å². The van der Waals surface area contributed by atoms with Gasteiger partial charge in [0, 0.05) is 5.69 Å². The number of aryl methyl sites for hydroxylation is 1. The van der Waals surface area contributed by atoms with Gasteiger partial charge < -0.3 is 5.32 Å². The third kappa shape index (κ3) is 5.11. The van der Waals surface area contributed by atoms with E-state index in [4.69, 9.17) is 0 Å². The van der Waals surface area contributed by atoms with Crippen LogP contribution in [0.5, 0.6) is 0 Å². The first-order valence-electron chi connectivity index (χ1n) is 7.84. The molecule has 5 nitrogen and oxygen atoms in total. The number of benzene rings is 2. The zero-order chi connectivity index (χ0) is 18.6. The van der Waals surface area contributed by atoms with Crippen LogP contribution in [0.4, 0.5) is 10.1 Å². The zero-order valence-electron chi connectivity index (χ0n) is 14.3. The number of hydrogen-bond donors (Lipinski definition) is 2. The van der Waals surface area contributed by atoms with Gasteiger partial charge in [0.2, 0.25) is 15.9 Å². The Hall–Kier alpha value is -2.25. The monoisotopic (exact) mass is 364 g/mol. The fourth-order valence-corrected chi connectivity index (χ4v) is 3.52. The molecule has 0 aliphatic heterocycles. The highest BCUT2D eigenvalue weighted by atomic mass is 32.2. The maximum absolute atomic E-state index is 13.1. The van der Waals surface area contributed by atoms with Gasteiger partial charge in [-0.05, 0) is 54.3 Å². The van der Waals surface area contributed by atoms with E-state index in [1.54, 1.807) is 12.1 Å². The van der Waals surface area contributed by atoms with Crippen molar-refractivity contribution < 1.29 is 17.6 Å². The minimum absolute atomic E-state index is 0.0528. The van der Waals surface area contributed by atoms with Gasteiger partial charge in [-0.25, -0.2) is 17.5 Å². The van der Waals surface area contributed by atoms with Crippen LogP contribution in [0.2, 0.25) is 0 Å². The van der Waals surface area contributed by atoms with E-state index in [0.717, 1.165) is 17.7 Å². The molecule has 25 heavy (non-hydrogen) atoms. The topological polar surface area (TPSA) is 75.3 Å². The molecule has 0 aliphatic carbocycles. The third-order valence-corrected chi connectivity index (χ3v) is 5.27. The average molecular weight is 364 g/mol. The summed E-state index contributed by atoms with van der Waals surface area (Å²) in [5.74, 6) is -0.616. The van der Waals surface area contributed by atoms with Crippen molar-refractivity contribution in [1.82, 2.24) is 4.72 Å². The van der Waals surface area contributed by atoms with Crippen LogP contribution in [-0.2, 0) is 14.8 Å². The molecule has 2 rings (SSSR count). The van der Waals surface area contributed by atoms with E-state index in [1.807, 2.05) is 12.1 Å². The van der Waals surface area contributed by atoms with Crippen molar-refractivity contribution in [2.45, 2.75) is 31.6 Å². The molecule has 1 amide bonds. The van der Waals surface area contributed by atoms with Crippen molar-refractivity contribution in [3.63, 3.8) is 0 Å². The van der Waals surface area contributed by atoms with Crippen molar-refractivity contribution in [2.75, 3.05) is 11.9 Å². The lowest BCUT2D eigenvalue weighted by Gasteiger charge is -2.11. The molecule has 0 aromatic heterocycles. The Morgan fingerprint density at radius 3 is 2.32 bits per heavy atom. The molecule has 0 aliphatic rings. The van der Waals surface area contributed by atoms with Crippen LogP contribution in [0.3, 0.4) is 0 Å². The highest BCUT2D eigenvalue weighted by Gasteiger charge is 2.18. The second-order valence-corrected chi connectivity index (χ2v) is 7.79. The lowest BCUT2D eigenvalue weighted by molar-refractivity contribution is -0.115. The van der Waals surface area contributed by atoms with Crippen molar-refractivity contribution in [1.29, 1.82) is 0 Å². The molecule has 0 saturated heterocycles. The molecule has 0 atom stereocenters. The maximum Gasteiger partial charge on any atom is 0.241 e. The summed E-state index contributed by atoms with van der Waals surface area (Å²) in [5, 5.41) is 2.63. The van der Waals surface area contributed by atoms with Crippen LogP contribution in [0.1, 0.15) is 30.9 Å². The number of anilines is 1. The van der Waals surface area contributed by atoms with Crippen LogP contribution in [-0.4, -0.2) is 20.9 Å². The Labute approximate surface area is 147 Å². The SMILES string of the molecule is Cc1cc(F)ccc1S(=O)(=O)NCC(=O)Nc1ccc(C(C)C)cc1. The molecule has 2 N–H and O–H groups in total. The highest BCUT2D eigenvalue weighted by Crippen LogP contribution is 2.17. The quantitative estimate of drug-likeness (QED) is 0.827. The van der Waals surface area contributed by atoms with Crippen LogP contribution in [0.25, 0.3) is 0 Å². The smallest absolute Gasteiger partial charge is 0.241 e. The molecule has 0 bridgehead atoms. The van der Waals surface area contributed by atoms with Crippen LogP contribution < -0.4 is 10.0 Å². The lowest BCUT2D eigenvalue weighted by Crippen LogP contribution is -2.33. The van der Waals surface area contributed by atoms with Gasteiger partial charge in [0.1, 0.15) is 5.82 Å². The first-order valence-corrected chi connectivity index (χ1v) is 9.33. The summed E-state index contributed by atoms with van der Waals surface area (Å²) < 4.78 is 39.8. The molecular formula is C18H21FN2O3S. The number of hydrogen-bond acceptors (Lipinski definition) is 3. The first-order chi connectivity index (χ1) is 11.7. The van der Waals surface area contributed by atoms with E-state index in [2.05, 4.69) is 23.9 Å². The minimum atomic E-state index is -3.89. The molecule has 0 saturated carbocycles. The highest BCUT2D eigenvalue weighted by molar-refractivity contribution is 7.89. The number of amides is 1. The van der Waals surface area contributed by atoms with E-state index >= 15 is 0 Å². The molecule has 2 aromatic rings. The number of sulfonamides is 1. The molecule has 0 heterocycles. The summed E-state index contributed by atoms with van der Waals surface area (Å²) in [6.07, 6.45) is 0. The Balaban J connectivity index is 1.99. The van der Waals surface area contributed by atoms with E-state index in [0.29, 0.717) is 11.6 Å². The second-order valence-electron chi connectivity index (χ2n) is 6.06. The lowest BCUT2D eigenvalue weighted by atomic mass is 10.0. The Bertz CT molecular complexity index is 862. The average Bonchev–Trinajstić information content (AvgIpc) is 2.53. The summed E-state index contributed by atoms with van der Waals surface area (Å²) in [6.45, 7) is 5.22. The predicted octanol–water partition coefficient (Wildman–Crippen LogP) is 3.17. The summed E-state index contributed by atoms with van der Waals surface area (Å²) in [4.78, 5) is 11.9. The Kier molecular flexibility index (Phi) is 5.92. The fraction of sp³-hybridized carbons (Fsp3) is 0.278. The molecule has 0 unspecified atom stereocenters. The number of carbonyl (C=O) groups is 1.